The molecule has 0 aliphatic rings. The number of aryl methyl sites for hydroxylation is 2. The first-order valence-corrected chi connectivity index (χ1v) is 8.44. The van der Waals surface area contributed by atoms with Gasteiger partial charge in [0.2, 0.25) is 17.7 Å². The summed E-state index contributed by atoms with van der Waals surface area (Å²) in [5.74, 6) is 2.46. The van der Waals surface area contributed by atoms with Crippen molar-refractivity contribution in [2.45, 2.75) is 26.7 Å². The summed E-state index contributed by atoms with van der Waals surface area (Å²) in [7, 11) is 1.52. The molecule has 0 aliphatic heterocycles. The maximum absolute atomic E-state index is 12.2. The summed E-state index contributed by atoms with van der Waals surface area (Å²) in [4.78, 5) is 16.4. The lowest BCUT2D eigenvalue weighted by Crippen LogP contribution is -2.30. The number of hydrogen-bond acceptors (Lipinski definition) is 8. The fourth-order valence-corrected chi connectivity index (χ4v) is 2.34. The van der Waals surface area contributed by atoms with Crippen molar-refractivity contribution in [3.8, 4) is 17.2 Å². The van der Waals surface area contributed by atoms with Crippen LogP contribution in [0, 0.1) is 6.92 Å². The smallest absolute Gasteiger partial charge is 0.319 e. The maximum atomic E-state index is 12.2. The SMILES string of the molecule is CCc1noc(CCNC(=O)Nc2cc(-c3nnc(C)o3)ccc2OC)n1. The highest BCUT2D eigenvalue weighted by Gasteiger charge is 2.13. The Hall–Kier alpha value is -3.43. The van der Waals surface area contributed by atoms with Crippen molar-refractivity contribution in [2.75, 3.05) is 19.0 Å². The van der Waals surface area contributed by atoms with Crippen molar-refractivity contribution in [1.82, 2.24) is 25.7 Å². The fourth-order valence-electron chi connectivity index (χ4n) is 2.34. The van der Waals surface area contributed by atoms with Crippen LogP contribution in [0.4, 0.5) is 10.5 Å². The van der Waals surface area contributed by atoms with Crippen molar-refractivity contribution in [3.63, 3.8) is 0 Å². The van der Waals surface area contributed by atoms with Gasteiger partial charge in [0.05, 0.1) is 12.8 Å². The summed E-state index contributed by atoms with van der Waals surface area (Å²) in [6.45, 7) is 4.00. The quantitative estimate of drug-likeness (QED) is 0.647. The van der Waals surface area contributed by atoms with E-state index in [1.54, 1.807) is 25.1 Å². The van der Waals surface area contributed by atoms with Gasteiger partial charge in [0.1, 0.15) is 5.75 Å². The van der Waals surface area contributed by atoms with Crippen LogP contribution in [0.1, 0.15) is 24.5 Å². The van der Waals surface area contributed by atoms with Crippen molar-refractivity contribution in [3.05, 3.63) is 35.8 Å². The fraction of sp³-hybridized carbons (Fsp3) is 0.353. The zero-order valence-electron chi connectivity index (χ0n) is 15.3. The van der Waals surface area contributed by atoms with Crippen molar-refractivity contribution >= 4 is 11.7 Å². The number of carbonyl (C=O) groups is 1. The summed E-state index contributed by atoms with van der Waals surface area (Å²) in [5, 5.41) is 17.1. The van der Waals surface area contributed by atoms with Crippen LogP contribution in [-0.2, 0) is 12.8 Å². The molecule has 3 rings (SSSR count). The number of ether oxygens (including phenoxy) is 1. The molecule has 142 valence electrons. The highest BCUT2D eigenvalue weighted by atomic mass is 16.5. The molecule has 27 heavy (non-hydrogen) atoms. The molecule has 2 aromatic heterocycles. The first-order valence-electron chi connectivity index (χ1n) is 8.44. The van der Waals surface area contributed by atoms with Crippen molar-refractivity contribution < 1.29 is 18.5 Å². The number of benzene rings is 1. The van der Waals surface area contributed by atoms with E-state index in [1.807, 2.05) is 6.92 Å². The number of carbonyl (C=O) groups excluding carboxylic acids is 1. The minimum atomic E-state index is -0.387. The molecule has 1 aromatic carbocycles. The van der Waals surface area contributed by atoms with E-state index in [0.29, 0.717) is 59.9 Å². The highest BCUT2D eigenvalue weighted by molar-refractivity contribution is 5.91. The summed E-state index contributed by atoms with van der Waals surface area (Å²) >= 11 is 0. The predicted molar refractivity (Wildman–Crippen MR) is 95.4 cm³/mol. The number of amides is 2. The molecule has 0 saturated heterocycles. The molecule has 0 atom stereocenters. The lowest BCUT2D eigenvalue weighted by atomic mass is 10.2. The Morgan fingerprint density at radius 1 is 1.30 bits per heavy atom. The average molecular weight is 372 g/mol. The number of anilines is 1. The molecule has 0 spiro atoms. The second kappa shape index (κ2) is 8.30. The highest BCUT2D eigenvalue weighted by Crippen LogP contribution is 2.30. The zero-order chi connectivity index (χ0) is 19.2. The van der Waals surface area contributed by atoms with Gasteiger partial charge in [-0.2, -0.15) is 4.98 Å². The third-order valence-corrected chi connectivity index (χ3v) is 3.67. The van der Waals surface area contributed by atoms with Crippen LogP contribution >= 0.6 is 0 Å². The number of rotatable bonds is 7. The summed E-state index contributed by atoms with van der Waals surface area (Å²) in [6.07, 6.45) is 1.14. The first kappa shape index (κ1) is 18.4. The number of urea groups is 1. The van der Waals surface area contributed by atoms with Crippen LogP contribution in [0.25, 0.3) is 11.5 Å². The number of nitrogens with one attached hydrogen (secondary N) is 2. The third kappa shape index (κ3) is 4.60. The van der Waals surface area contributed by atoms with Crippen LogP contribution in [0.3, 0.4) is 0 Å². The Bertz CT molecular complexity index is 920. The van der Waals surface area contributed by atoms with E-state index >= 15 is 0 Å². The Labute approximate surface area is 155 Å². The lowest BCUT2D eigenvalue weighted by molar-refractivity contribution is 0.251. The summed E-state index contributed by atoms with van der Waals surface area (Å²) in [5.41, 5.74) is 1.15. The van der Waals surface area contributed by atoms with Crippen LogP contribution < -0.4 is 15.4 Å². The van der Waals surface area contributed by atoms with Gasteiger partial charge in [-0.1, -0.05) is 12.1 Å². The number of methoxy groups -OCH3 is 1. The van der Waals surface area contributed by atoms with Gasteiger partial charge in [-0.15, -0.1) is 10.2 Å². The Morgan fingerprint density at radius 3 is 2.81 bits per heavy atom. The molecule has 0 saturated carbocycles. The van der Waals surface area contributed by atoms with Gasteiger partial charge >= 0.3 is 6.03 Å². The Balaban J connectivity index is 1.62. The van der Waals surface area contributed by atoms with E-state index in [0.717, 1.165) is 0 Å². The van der Waals surface area contributed by atoms with Gasteiger partial charge < -0.3 is 24.3 Å². The molecule has 2 amide bonds. The van der Waals surface area contributed by atoms with Crippen molar-refractivity contribution in [1.29, 1.82) is 0 Å². The van der Waals surface area contributed by atoms with Gasteiger partial charge in [-0.25, -0.2) is 4.79 Å². The Morgan fingerprint density at radius 2 is 2.15 bits per heavy atom. The first-order chi connectivity index (χ1) is 13.1. The van der Waals surface area contributed by atoms with Crippen LogP contribution in [0.2, 0.25) is 0 Å². The largest absolute Gasteiger partial charge is 0.495 e. The predicted octanol–water partition coefficient (Wildman–Crippen LogP) is 2.36. The molecule has 2 heterocycles. The number of aromatic nitrogens is 4. The maximum Gasteiger partial charge on any atom is 0.319 e. The van der Waals surface area contributed by atoms with E-state index in [1.165, 1.54) is 7.11 Å². The van der Waals surface area contributed by atoms with Gasteiger partial charge in [0, 0.05) is 31.9 Å². The summed E-state index contributed by atoms with van der Waals surface area (Å²) in [6, 6.07) is 4.81. The zero-order valence-corrected chi connectivity index (χ0v) is 15.3. The minimum absolute atomic E-state index is 0.349. The van der Waals surface area contributed by atoms with Gasteiger partial charge in [-0.3, -0.25) is 0 Å². The molecule has 10 nitrogen and oxygen atoms in total. The van der Waals surface area contributed by atoms with E-state index in [9.17, 15) is 4.79 Å². The summed E-state index contributed by atoms with van der Waals surface area (Å²) < 4.78 is 15.8. The topological polar surface area (TPSA) is 128 Å². The molecule has 0 bridgehead atoms. The third-order valence-electron chi connectivity index (χ3n) is 3.67. The van der Waals surface area contributed by atoms with Crippen LogP contribution in [-0.4, -0.2) is 40.0 Å². The second-order valence-corrected chi connectivity index (χ2v) is 5.63. The van der Waals surface area contributed by atoms with Crippen LogP contribution in [0.5, 0.6) is 5.75 Å². The molecule has 2 N–H and O–H groups in total. The molecular weight excluding hydrogens is 352 g/mol. The molecule has 0 aliphatic carbocycles. The minimum Gasteiger partial charge on any atom is -0.495 e. The second-order valence-electron chi connectivity index (χ2n) is 5.63. The lowest BCUT2D eigenvalue weighted by Gasteiger charge is -2.11. The van der Waals surface area contributed by atoms with Crippen LogP contribution in [0.15, 0.2) is 27.1 Å². The van der Waals surface area contributed by atoms with Gasteiger partial charge in [0.15, 0.2) is 5.82 Å². The number of nitrogens with zero attached hydrogens (tertiary/aromatic N) is 4. The molecule has 0 fully saturated rings. The molecule has 0 radical (unpaired) electrons. The molecule has 0 unspecified atom stereocenters. The van der Waals surface area contributed by atoms with Crippen molar-refractivity contribution in [2.24, 2.45) is 0 Å². The van der Waals surface area contributed by atoms with E-state index in [-0.39, 0.29) is 6.03 Å². The normalized spacial score (nSPS) is 10.6. The monoisotopic (exact) mass is 372 g/mol. The number of hydrogen-bond donors (Lipinski definition) is 2. The van der Waals surface area contributed by atoms with Gasteiger partial charge in [0.25, 0.3) is 0 Å². The standard InChI is InChI=1S/C17H20N6O4/c1-4-14-20-15(27-23-14)7-8-18-17(24)19-12-9-11(5-6-13(12)25-3)16-22-21-10(2)26-16/h5-6,9H,4,7-8H2,1-3H3,(H2,18,19,24). The molecule has 10 heteroatoms. The van der Waals surface area contributed by atoms with Gasteiger partial charge in [-0.05, 0) is 18.2 Å². The molecular formula is C17H20N6O4. The van der Waals surface area contributed by atoms with E-state index < -0.39 is 0 Å². The molecule has 3 aromatic rings. The van der Waals surface area contributed by atoms with E-state index in [4.69, 9.17) is 13.7 Å². The van der Waals surface area contributed by atoms with E-state index in [2.05, 4.69) is 31.0 Å². The Kier molecular flexibility index (Phi) is 5.64. The average Bonchev–Trinajstić information content (AvgIpc) is 3.30.